The Bertz CT molecular complexity index is 615. The largest absolute Gasteiger partial charge is 0.468 e. The van der Waals surface area contributed by atoms with Crippen molar-refractivity contribution in [2.45, 2.75) is 27.7 Å². The van der Waals surface area contributed by atoms with Crippen LogP contribution >= 0.6 is 0 Å². The molecule has 0 saturated heterocycles. The van der Waals surface area contributed by atoms with Gasteiger partial charge in [0.15, 0.2) is 0 Å². The number of hydrogen-bond acceptors (Lipinski definition) is 3. The van der Waals surface area contributed by atoms with Crippen LogP contribution in [0.3, 0.4) is 0 Å². The van der Waals surface area contributed by atoms with Gasteiger partial charge in [0.1, 0.15) is 6.54 Å². The predicted octanol–water partition coefficient (Wildman–Crippen LogP) is 3.43. The Balaban J connectivity index is 2.28. The van der Waals surface area contributed by atoms with Crippen LogP contribution in [0.2, 0.25) is 0 Å². The molecule has 23 heavy (non-hydrogen) atoms. The second kappa shape index (κ2) is 6.57. The van der Waals surface area contributed by atoms with Gasteiger partial charge in [-0.3, -0.25) is 9.59 Å². The van der Waals surface area contributed by atoms with E-state index in [1.165, 1.54) is 17.6 Å². The van der Waals surface area contributed by atoms with Gasteiger partial charge in [0.25, 0.3) is 0 Å². The number of anilines is 1. The third-order valence-electron chi connectivity index (χ3n) is 4.54. The molecule has 0 aliphatic heterocycles. The molecule has 0 radical (unpaired) electrons. The lowest BCUT2D eigenvalue weighted by Crippen LogP contribution is -2.38. The molecule has 124 valence electrons. The van der Waals surface area contributed by atoms with E-state index in [4.69, 9.17) is 4.74 Å². The van der Waals surface area contributed by atoms with E-state index in [-0.39, 0.29) is 29.7 Å². The van der Waals surface area contributed by atoms with Crippen LogP contribution in [-0.4, -0.2) is 25.5 Å². The van der Waals surface area contributed by atoms with Crippen molar-refractivity contribution >= 4 is 17.6 Å². The zero-order chi connectivity index (χ0) is 17.2. The lowest BCUT2D eigenvalue weighted by molar-refractivity contribution is -0.140. The van der Waals surface area contributed by atoms with Gasteiger partial charge in [-0.15, -0.1) is 0 Å². The first-order chi connectivity index (χ1) is 10.8. The molecule has 1 aromatic carbocycles. The van der Waals surface area contributed by atoms with Crippen LogP contribution in [0.5, 0.6) is 0 Å². The third kappa shape index (κ3) is 3.63. The highest BCUT2D eigenvalue weighted by Gasteiger charge is 2.61. The van der Waals surface area contributed by atoms with Crippen LogP contribution in [-0.2, 0) is 14.3 Å². The number of esters is 1. The van der Waals surface area contributed by atoms with Crippen LogP contribution in [0.15, 0.2) is 42.0 Å². The van der Waals surface area contributed by atoms with Gasteiger partial charge in [-0.05, 0) is 37.3 Å². The SMILES string of the molecule is COC(=O)CN(C(=O)[C@@H]1[C@@H](C=C(C)C)C1(C)C)c1ccccc1. The summed E-state index contributed by atoms with van der Waals surface area (Å²) >= 11 is 0. The van der Waals surface area contributed by atoms with Gasteiger partial charge in [-0.25, -0.2) is 0 Å². The lowest BCUT2D eigenvalue weighted by atomic mass is 10.1. The van der Waals surface area contributed by atoms with Crippen molar-refractivity contribution in [3.63, 3.8) is 0 Å². The summed E-state index contributed by atoms with van der Waals surface area (Å²) < 4.78 is 4.75. The van der Waals surface area contributed by atoms with E-state index in [9.17, 15) is 9.59 Å². The highest BCUT2D eigenvalue weighted by Crippen LogP contribution is 2.60. The molecule has 1 saturated carbocycles. The first kappa shape index (κ1) is 17.3. The molecule has 0 spiro atoms. The number of ether oxygens (including phenoxy) is 1. The van der Waals surface area contributed by atoms with Crippen LogP contribution in [0, 0.1) is 17.3 Å². The van der Waals surface area contributed by atoms with Gasteiger partial charge >= 0.3 is 5.97 Å². The van der Waals surface area contributed by atoms with Gasteiger partial charge < -0.3 is 9.64 Å². The molecule has 2 atom stereocenters. The van der Waals surface area contributed by atoms with Gasteiger partial charge in [-0.2, -0.15) is 0 Å². The molecule has 1 aliphatic carbocycles. The van der Waals surface area contributed by atoms with Crippen molar-refractivity contribution in [2.75, 3.05) is 18.6 Å². The van der Waals surface area contributed by atoms with Crippen molar-refractivity contribution in [3.05, 3.63) is 42.0 Å². The smallest absolute Gasteiger partial charge is 0.325 e. The number of carbonyl (C=O) groups excluding carboxylic acids is 2. The fourth-order valence-electron chi connectivity index (χ4n) is 3.09. The number of carbonyl (C=O) groups is 2. The summed E-state index contributed by atoms with van der Waals surface area (Å²) in [6.45, 7) is 8.22. The minimum absolute atomic E-state index is 0.0194. The molecule has 4 heteroatoms. The van der Waals surface area contributed by atoms with Crippen LogP contribution in [0.1, 0.15) is 27.7 Å². The number of benzene rings is 1. The first-order valence-electron chi connectivity index (χ1n) is 7.87. The second-order valence-electron chi connectivity index (χ2n) is 6.90. The molecule has 1 fully saturated rings. The quantitative estimate of drug-likeness (QED) is 0.618. The molecule has 0 aromatic heterocycles. The molecule has 0 N–H and O–H groups in total. The maximum atomic E-state index is 13.1. The van der Waals surface area contributed by atoms with E-state index in [2.05, 4.69) is 19.9 Å². The normalized spacial score (nSPS) is 21.3. The second-order valence-corrected chi connectivity index (χ2v) is 6.90. The number of hydrogen-bond donors (Lipinski definition) is 0. The summed E-state index contributed by atoms with van der Waals surface area (Å²) in [6.07, 6.45) is 2.16. The zero-order valence-corrected chi connectivity index (χ0v) is 14.5. The van der Waals surface area contributed by atoms with E-state index in [1.54, 1.807) is 0 Å². The minimum atomic E-state index is -0.417. The first-order valence-corrected chi connectivity index (χ1v) is 7.87. The maximum absolute atomic E-state index is 13.1. The zero-order valence-electron chi connectivity index (χ0n) is 14.5. The number of allylic oxidation sites excluding steroid dienone is 2. The Labute approximate surface area is 138 Å². The highest BCUT2D eigenvalue weighted by molar-refractivity contribution is 6.01. The predicted molar refractivity (Wildman–Crippen MR) is 91.0 cm³/mol. The standard InChI is InChI=1S/C19H25NO3/c1-13(2)11-15-17(19(15,3)4)18(22)20(12-16(21)23-5)14-9-7-6-8-10-14/h6-11,15,17H,12H2,1-5H3/t15-,17+/m1/s1. The fourth-order valence-corrected chi connectivity index (χ4v) is 3.09. The van der Waals surface area contributed by atoms with Gasteiger partial charge in [0.05, 0.1) is 13.0 Å². The molecule has 4 nitrogen and oxygen atoms in total. The third-order valence-corrected chi connectivity index (χ3v) is 4.54. The van der Waals surface area contributed by atoms with Crippen molar-refractivity contribution in [3.8, 4) is 0 Å². The van der Waals surface area contributed by atoms with Gasteiger partial charge in [0, 0.05) is 5.69 Å². The average molecular weight is 315 g/mol. The maximum Gasteiger partial charge on any atom is 0.325 e. The average Bonchev–Trinajstić information content (AvgIpc) is 3.04. The fraction of sp³-hybridized carbons (Fsp3) is 0.474. The molecule has 2 rings (SSSR count). The van der Waals surface area contributed by atoms with Crippen LogP contribution in [0.25, 0.3) is 0 Å². The highest BCUT2D eigenvalue weighted by atomic mass is 16.5. The van der Waals surface area contributed by atoms with Crippen molar-refractivity contribution in [1.82, 2.24) is 0 Å². The summed E-state index contributed by atoms with van der Waals surface area (Å²) in [7, 11) is 1.34. The summed E-state index contributed by atoms with van der Waals surface area (Å²) in [5.74, 6) is -0.334. The Morgan fingerprint density at radius 1 is 1.22 bits per heavy atom. The number of rotatable bonds is 5. The van der Waals surface area contributed by atoms with E-state index < -0.39 is 5.97 Å². The van der Waals surface area contributed by atoms with Crippen LogP contribution < -0.4 is 4.90 Å². The van der Waals surface area contributed by atoms with Crippen molar-refractivity contribution < 1.29 is 14.3 Å². The summed E-state index contributed by atoms with van der Waals surface area (Å²) in [5.41, 5.74) is 1.84. The monoisotopic (exact) mass is 315 g/mol. The van der Waals surface area contributed by atoms with Gasteiger partial charge in [-0.1, -0.05) is 43.7 Å². The van der Waals surface area contributed by atoms with E-state index >= 15 is 0 Å². The van der Waals surface area contributed by atoms with E-state index in [0.717, 1.165) is 5.69 Å². The topological polar surface area (TPSA) is 46.6 Å². The van der Waals surface area contributed by atoms with Crippen molar-refractivity contribution in [2.24, 2.45) is 17.3 Å². The van der Waals surface area contributed by atoms with E-state index in [1.807, 2.05) is 44.2 Å². The Kier molecular flexibility index (Phi) is 4.93. The molecule has 0 heterocycles. The summed E-state index contributed by atoms with van der Waals surface area (Å²) in [6, 6.07) is 9.28. The summed E-state index contributed by atoms with van der Waals surface area (Å²) in [4.78, 5) is 26.3. The number of methoxy groups -OCH3 is 1. The number of amides is 1. The molecular weight excluding hydrogens is 290 g/mol. The molecule has 1 aliphatic rings. The van der Waals surface area contributed by atoms with Gasteiger partial charge in [0.2, 0.25) is 5.91 Å². The van der Waals surface area contributed by atoms with Crippen LogP contribution in [0.4, 0.5) is 5.69 Å². The molecule has 1 amide bonds. The number of nitrogens with zero attached hydrogens (tertiary/aromatic N) is 1. The van der Waals surface area contributed by atoms with Crippen molar-refractivity contribution in [1.29, 1.82) is 0 Å². The van der Waals surface area contributed by atoms with E-state index in [0.29, 0.717) is 0 Å². The minimum Gasteiger partial charge on any atom is -0.468 e. The Morgan fingerprint density at radius 3 is 2.35 bits per heavy atom. The molecular formula is C19H25NO3. The molecule has 1 aromatic rings. The molecule has 0 bridgehead atoms. The Morgan fingerprint density at radius 2 is 1.83 bits per heavy atom. The Hall–Kier alpha value is -2.10. The molecule has 0 unspecified atom stereocenters. The lowest BCUT2D eigenvalue weighted by Gasteiger charge is -2.22. The number of para-hydroxylation sites is 1. The summed E-state index contributed by atoms with van der Waals surface area (Å²) in [5, 5.41) is 0.